The van der Waals surface area contributed by atoms with Gasteiger partial charge in [-0.15, -0.1) is 0 Å². The number of hydrogen-bond acceptors (Lipinski definition) is 3. The summed E-state index contributed by atoms with van der Waals surface area (Å²) in [5.41, 5.74) is 0.403. The average Bonchev–Trinajstić information content (AvgIpc) is 3.06. The quantitative estimate of drug-likeness (QED) is 0.716. The van der Waals surface area contributed by atoms with E-state index < -0.39 is 42.1 Å². The van der Waals surface area contributed by atoms with Gasteiger partial charge in [-0.2, -0.15) is 13.2 Å². The molecular formula is C20H17F5N2O3. The van der Waals surface area contributed by atoms with Gasteiger partial charge in [0.2, 0.25) is 11.8 Å². The number of carbonyl (C=O) groups is 2. The molecule has 2 aromatic carbocycles. The molecule has 160 valence electrons. The lowest BCUT2D eigenvalue weighted by Crippen LogP contribution is -2.32. The molecule has 3 rings (SSSR count). The molecule has 0 radical (unpaired) electrons. The number of carbonyl (C=O) groups excluding carboxylic acids is 2. The number of amides is 2. The third-order valence-corrected chi connectivity index (χ3v) is 4.46. The normalized spacial score (nSPS) is 16.6. The van der Waals surface area contributed by atoms with E-state index in [1.807, 2.05) is 0 Å². The second-order valence-corrected chi connectivity index (χ2v) is 6.77. The Balaban J connectivity index is 1.57. The van der Waals surface area contributed by atoms with Crippen LogP contribution in [0.15, 0.2) is 42.5 Å². The van der Waals surface area contributed by atoms with Crippen molar-refractivity contribution >= 4 is 17.5 Å². The van der Waals surface area contributed by atoms with E-state index in [0.29, 0.717) is 11.6 Å². The van der Waals surface area contributed by atoms with Crippen LogP contribution in [0, 0.1) is 17.6 Å². The topological polar surface area (TPSA) is 58.6 Å². The Morgan fingerprint density at radius 2 is 1.93 bits per heavy atom. The standard InChI is InChI=1S/C20H17F5N2O3/c21-14-4-5-17(16(22)8-14)27-10-13(7-18(27)28)19(29)26-9-12-2-1-3-15(6-12)30-11-20(23,24)25/h1-6,8,13H,7,9-11H2,(H,26,29). The fourth-order valence-electron chi connectivity index (χ4n) is 3.06. The minimum Gasteiger partial charge on any atom is -0.484 e. The molecule has 2 amide bonds. The zero-order valence-corrected chi connectivity index (χ0v) is 15.5. The van der Waals surface area contributed by atoms with Gasteiger partial charge < -0.3 is 15.0 Å². The predicted octanol–water partition coefficient (Wildman–Crippen LogP) is 3.58. The van der Waals surface area contributed by atoms with Crippen molar-refractivity contribution in [2.45, 2.75) is 19.1 Å². The third-order valence-electron chi connectivity index (χ3n) is 4.46. The zero-order valence-electron chi connectivity index (χ0n) is 15.5. The molecule has 1 N–H and O–H groups in total. The summed E-state index contributed by atoms with van der Waals surface area (Å²) >= 11 is 0. The van der Waals surface area contributed by atoms with E-state index in [9.17, 15) is 31.5 Å². The summed E-state index contributed by atoms with van der Waals surface area (Å²) in [7, 11) is 0. The number of ether oxygens (including phenoxy) is 1. The van der Waals surface area contributed by atoms with E-state index in [1.165, 1.54) is 18.2 Å². The predicted molar refractivity (Wildman–Crippen MR) is 96.7 cm³/mol. The lowest BCUT2D eigenvalue weighted by atomic mass is 10.1. The molecule has 1 saturated heterocycles. The summed E-state index contributed by atoms with van der Waals surface area (Å²) in [4.78, 5) is 25.7. The molecule has 1 aliphatic heterocycles. The van der Waals surface area contributed by atoms with Gasteiger partial charge in [-0.05, 0) is 29.8 Å². The molecule has 0 aromatic heterocycles. The van der Waals surface area contributed by atoms with Crippen LogP contribution in [-0.4, -0.2) is 31.1 Å². The molecule has 1 atom stereocenters. The Labute approximate surface area is 168 Å². The van der Waals surface area contributed by atoms with Crippen LogP contribution in [-0.2, 0) is 16.1 Å². The summed E-state index contributed by atoms with van der Waals surface area (Å²) in [6.07, 6.45) is -4.60. The Morgan fingerprint density at radius 1 is 1.17 bits per heavy atom. The molecule has 10 heteroatoms. The highest BCUT2D eigenvalue weighted by molar-refractivity contribution is 6.00. The number of benzene rings is 2. The first-order valence-corrected chi connectivity index (χ1v) is 8.94. The zero-order chi connectivity index (χ0) is 21.9. The van der Waals surface area contributed by atoms with E-state index >= 15 is 0 Å². The number of halogens is 5. The summed E-state index contributed by atoms with van der Waals surface area (Å²) in [5, 5.41) is 2.61. The summed E-state index contributed by atoms with van der Waals surface area (Å²) in [6, 6.07) is 8.63. The van der Waals surface area contributed by atoms with Gasteiger partial charge in [0.25, 0.3) is 0 Å². The van der Waals surface area contributed by atoms with Crippen molar-refractivity contribution in [3.8, 4) is 5.75 Å². The number of hydrogen-bond donors (Lipinski definition) is 1. The SMILES string of the molecule is O=C(NCc1cccc(OCC(F)(F)F)c1)C1CC(=O)N(c2ccc(F)cc2F)C1. The lowest BCUT2D eigenvalue weighted by Gasteiger charge is -2.17. The maximum Gasteiger partial charge on any atom is 0.422 e. The highest BCUT2D eigenvalue weighted by Gasteiger charge is 2.36. The summed E-state index contributed by atoms with van der Waals surface area (Å²) < 4.78 is 68.4. The van der Waals surface area contributed by atoms with Crippen LogP contribution in [0.3, 0.4) is 0 Å². The first-order valence-electron chi connectivity index (χ1n) is 8.94. The fourth-order valence-corrected chi connectivity index (χ4v) is 3.06. The number of nitrogens with zero attached hydrogens (tertiary/aromatic N) is 1. The van der Waals surface area contributed by atoms with Gasteiger partial charge in [-0.25, -0.2) is 8.78 Å². The monoisotopic (exact) mass is 428 g/mol. The van der Waals surface area contributed by atoms with E-state index in [0.717, 1.165) is 17.0 Å². The lowest BCUT2D eigenvalue weighted by molar-refractivity contribution is -0.153. The minimum absolute atomic E-state index is 0.00748. The Hall–Kier alpha value is -3.17. The smallest absolute Gasteiger partial charge is 0.422 e. The second kappa shape index (κ2) is 8.68. The maximum absolute atomic E-state index is 13.9. The molecule has 1 heterocycles. The molecule has 0 bridgehead atoms. The van der Waals surface area contributed by atoms with Gasteiger partial charge in [0.1, 0.15) is 17.4 Å². The van der Waals surface area contributed by atoms with Crippen LogP contribution in [0.5, 0.6) is 5.75 Å². The molecule has 0 saturated carbocycles. The van der Waals surface area contributed by atoms with E-state index in [1.54, 1.807) is 6.07 Å². The van der Waals surface area contributed by atoms with Crippen LogP contribution >= 0.6 is 0 Å². The third kappa shape index (κ3) is 5.46. The molecule has 30 heavy (non-hydrogen) atoms. The van der Waals surface area contributed by atoms with Crippen molar-refractivity contribution in [2.24, 2.45) is 5.92 Å². The van der Waals surface area contributed by atoms with Crippen molar-refractivity contribution in [2.75, 3.05) is 18.1 Å². The van der Waals surface area contributed by atoms with Crippen LogP contribution in [0.25, 0.3) is 0 Å². The van der Waals surface area contributed by atoms with Gasteiger partial charge in [-0.3, -0.25) is 9.59 Å². The Morgan fingerprint density at radius 3 is 2.63 bits per heavy atom. The van der Waals surface area contributed by atoms with Crippen LogP contribution in [0.2, 0.25) is 0 Å². The molecular weight excluding hydrogens is 411 g/mol. The van der Waals surface area contributed by atoms with Gasteiger partial charge >= 0.3 is 6.18 Å². The van der Waals surface area contributed by atoms with Crippen LogP contribution in [0.4, 0.5) is 27.6 Å². The molecule has 0 spiro atoms. The van der Waals surface area contributed by atoms with Gasteiger partial charge in [-0.1, -0.05) is 12.1 Å². The number of anilines is 1. The first kappa shape index (κ1) is 21.5. The van der Waals surface area contributed by atoms with Crippen LogP contribution in [0.1, 0.15) is 12.0 Å². The van der Waals surface area contributed by atoms with Crippen molar-refractivity contribution in [3.05, 3.63) is 59.7 Å². The Kier molecular flexibility index (Phi) is 6.23. The summed E-state index contributed by atoms with van der Waals surface area (Å²) in [6.45, 7) is -1.48. The van der Waals surface area contributed by atoms with Crippen molar-refractivity contribution in [1.82, 2.24) is 5.32 Å². The van der Waals surface area contributed by atoms with Crippen LogP contribution < -0.4 is 15.0 Å². The molecule has 1 unspecified atom stereocenters. The van der Waals surface area contributed by atoms with Crippen molar-refractivity contribution in [3.63, 3.8) is 0 Å². The largest absolute Gasteiger partial charge is 0.484 e. The Bertz CT molecular complexity index is 948. The molecule has 0 aliphatic carbocycles. The van der Waals surface area contributed by atoms with Gasteiger partial charge in [0, 0.05) is 25.6 Å². The van der Waals surface area contributed by atoms with E-state index in [2.05, 4.69) is 10.1 Å². The molecule has 1 aliphatic rings. The second-order valence-electron chi connectivity index (χ2n) is 6.77. The van der Waals surface area contributed by atoms with E-state index in [-0.39, 0.29) is 30.9 Å². The maximum atomic E-state index is 13.9. The van der Waals surface area contributed by atoms with E-state index in [4.69, 9.17) is 0 Å². The number of alkyl halides is 3. The minimum atomic E-state index is -4.46. The average molecular weight is 428 g/mol. The van der Waals surface area contributed by atoms with Gasteiger partial charge in [0.05, 0.1) is 11.6 Å². The molecule has 2 aromatic rings. The van der Waals surface area contributed by atoms with Crippen molar-refractivity contribution < 1.29 is 36.3 Å². The highest BCUT2D eigenvalue weighted by atomic mass is 19.4. The molecule has 1 fully saturated rings. The van der Waals surface area contributed by atoms with Gasteiger partial charge in [0.15, 0.2) is 6.61 Å². The number of nitrogens with one attached hydrogen (secondary N) is 1. The molecule has 5 nitrogen and oxygen atoms in total. The number of rotatable bonds is 6. The highest BCUT2D eigenvalue weighted by Crippen LogP contribution is 2.28. The first-order chi connectivity index (χ1) is 14.1. The fraction of sp³-hybridized carbons (Fsp3) is 0.300. The summed E-state index contributed by atoms with van der Waals surface area (Å²) in [5.74, 6) is -3.35. The van der Waals surface area contributed by atoms with Crippen molar-refractivity contribution in [1.29, 1.82) is 0 Å².